The number of hydrogen-bond acceptors (Lipinski definition) is 2. The highest BCUT2D eigenvalue weighted by Crippen LogP contribution is 2.07. The van der Waals surface area contributed by atoms with Crippen LogP contribution < -0.4 is 5.43 Å². The number of fused-ring (bicyclic) bond motifs is 1. The van der Waals surface area contributed by atoms with Crippen LogP contribution in [0.1, 0.15) is 17.5 Å². The fraction of sp³-hybridized carbons (Fsp3) is 0.188. The fourth-order valence-electron chi connectivity index (χ4n) is 1.78. The van der Waals surface area contributed by atoms with Crippen molar-refractivity contribution >= 4 is 6.21 Å². The van der Waals surface area contributed by atoms with Gasteiger partial charge in [0.15, 0.2) is 0 Å². The minimum atomic E-state index is 0.938. The van der Waals surface area contributed by atoms with Crippen LogP contribution in [-0.2, 0) is 6.42 Å². The maximum absolute atomic E-state index is 4.04. The monoisotopic (exact) mass is 238 g/mol. The summed E-state index contributed by atoms with van der Waals surface area (Å²) < 4.78 is 0. The molecule has 0 radical (unpaired) electrons. The van der Waals surface area contributed by atoms with Crippen LogP contribution in [0.4, 0.5) is 0 Å². The second-order valence-corrected chi connectivity index (χ2v) is 4.09. The maximum atomic E-state index is 4.04. The van der Waals surface area contributed by atoms with E-state index >= 15 is 0 Å². The van der Waals surface area contributed by atoms with E-state index in [4.69, 9.17) is 0 Å². The summed E-state index contributed by atoms with van der Waals surface area (Å²) in [7, 11) is 0. The molecule has 2 aliphatic rings. The van der Waals surface area contributed by atoms with Gasteiger partial charge in [0.2, 0.25) is 0 Å². The quantitative estimate of drug-likeness (QED) is 0.737. The SMILES string of the molecule is C1=CC=CCC=C1.C1=NNCCc2ccccc21. The predicted molar refractivity (Wildman–Crippen MR) is 77.8 cm³/mol. The van der Waals surface area contributed by atoms with Gasteiger partial charge in [-0.25, -0.2) is 0 Å². The van der Waals surface area contributed by atoms with Crippen molar-refractivity contribution in [1.29, 1.82) is 0 Å². The molecule has 92 valence electrons. The van der Waals surface area contributed by atoms with Crippen LogP contribution in [-0.4, -0.2) is 12.8 Å². The largest absolute Gasteiger partial charge is 0.310 e. The van der Waals surface area contributed by atoms with Crippen molar-refractivity contribution in [3.05, 3.63) is 71.8 Å². The minimum Gasteiger partial charge on any atom is -0.310 e. The molecule has 1 N–H and O–H groups in total. The van der Waals surface area contributed by atoms with Crippen LogP contribution in [0.3, 0.4) is 0 Å². The van der Waals surface area contributed by atoms with E-state index < -0.39 is 0 Å². The summed E-state index contributed by atoms with van der Waals surface area (Å²) in [5.74, 6) is 0. The number of hydrazone groups is 1. The zero-order valence-electron chi connectivity index (χ0n) is 10.4. The molecule has 1 aromatic carbocycles. The second-order valence-electron chi connectivity index (χ2n) is 4.09. The molecule has 1 heterocycles. The molecule has 0 bridgehead atoms. The first-order chi connectivity index (χ1) is 8.97. The van der Waals surface area contributed by atoms with Crippen molar-refractivity contribution in [3.8, 4) is 0 Å². The lowest BCUT2D eigenvalue weighted by atomic mass is 10.1. The van der Waals surface area contributed by atoms with Crippen LogP contribution in [0, 0.1) is 0 Å². The van der Waals surface area contributed by atoms with E-state index in [9.17, 15) is 0 Å². The van der Waals surface area contributed by atoms with Gasteiger partial charge in [-0.3, -0.25) is 0 Å². The molecule has 3 rings (SSSR count). The summed E-state index contributed by atoms with van der Waals surface area (Å²) in [6.07, 6.45) is 16.4. The Hall–Kier alpha value is -2.09. The standard InChI is InChI=1S/C9H10N2.C7H8/c1-2-4-9-7-11-10-6-5-8(9)3-1;1-2-4-6-7-5-3-1/h1-4,7,10H,5-6H2;1-6H,7H2. The Morgan fingerprint density at radius 2 is 1.72 bits per heavy atom. The number of nitrogens with zero attached hydrogens (tertiary/aromatic N) is 1. The Kier molecular flexibility index (Phi) is 5.00. The molecule has 0 aromatic heterocycles. The lowest BCUT2D eigenvalue weighted by Gasteiger charge is -1.99. The van der Waals surface area contributed by atoms with Gasteiger partial charge in [-0.2, -0.15) is 5.10 Å². The minimum absolute atomic E-state index is 0.938. The van der Waals surface area contributed by atoms with Crippen LogP contribution >= 0.6 is 0 Å². The molecular weight excluding hydrogens is 220 g/mol. The van der Waals surface area contributed by atoms with Crippen molar-refractivity contribution in [2.75, 3.05) is 6.54 Å². The zero-order valence-corrected chi connectivity index (χ0v) is 10.4. The van der Waals surface area contributed by atoms with Crippen molar-refractivity contribution in [2.24, 2.45) is 5.10 Å². The number of allylic oxidation sites excluding steroid dienone is 6. The van der Waals surface area contributed by atoms with Gasteiger partial charge in [-0.15, -0.1) is 0 Å². The smallest absolute Gasteiger partial charge is 0.0543 e. The summed E-state index contributed by atoms with van der Waals surface area (Å²) in [5.41, 5.74) is 5.57. The molecule has 2 heteroatoms. The molecule has 2 nitrogen and oxygen atoms in total. The first kappa shape index (κ1) is 12.4. The second kappa shape index (κ2) is 7.28. The van der Waals surface area contributed by atoms with E-state index in [1.165, 1.54) is 11.1 Å². The Morgan fingerprint density at radius 1 is 0.944 bits per heavy atom. The molecule has 0 fully saturated rings. The van der Waals surface area contributed by atoms with Gasteiger partial charge in [0.25, 0.3) is 0 Å². The normalized spacial score (nSPS) is 15.8. The molecule has 0 amide bonds. The molecule has 18 heavy (non-hydrogen) atoms. The topological polar surface area (TPSA) is 24.4 Å². The number of rotatable bonds is 0. The molecule has 0 spiro atoms. The van der Waals surface area contributed by atoms with Crippen molar-refractivity contribution in [1.82, 2.24) is 5.43 Å². The van der Waals surface area contributed by atoms with Crippen molar-refractivity contribution in [2.45, 2.75) is 12.8 Å². The molecule has 0 atom stereocenters. The molecule has 0 saturated carbocycles. The molecular formula is C16H18N2. The third-order valence-electron chi connectivity index (χ3n) is 2.73. The molecule has 1 aliphatic heterocycles. The van der Waals surface area contributed by atoms with Gasteiger partial charge in [0.1, 0.15) is 0 Å². The molecule has 1 aliphatic carbocycles. The van der Waals surface area contributed by atoms with E-state index in [0.29, 0.717) is 0 Å². The number of hydrogen-bond donors (Lipinski definition) is 1. The molecule has 1 aromatic rings. The lowest BCUT2D eigenvalue weighted by molar-refractivity contribution is 0.742. The molecule has 0 unspecified atom stereocenters. The van der Waals surface area contributed by atoms with Gasteiger partial charge in [0.05, 0.1) is 6.21 Å². The summed E-state index contributed by atoms with van der Waals surface area (Å²) >= 11 is 0. The van der Waals surface area contributed by atoms with Crippen LogP contribution in [0.15, 0.2) is 65.8 Å². The van der Waals surface area contributed by atoms with E-state index in [1.807, 2.05) is 24.4 Å². The van der Waals surface area contributed by atoms with Crippen molar-refractivity contribution in [3.63, 3.8) is 0 Å². The summed E-state index contributed by atoms with van der Waals surface area (Å²) in [4.78, 5) is 0. The average molecular weight is 238 g/mol. The fourth-order valence-corrected chi connectivity index (χ4v) is 1.78. The highest BCUT2D eigenvalue weighted by molar-refractivity contribution is 5.81. The highest BCUT2D eigenvalue weighted by Gasteiger charge is 2.00. The Morgan fingerprint density at radius 3 is 2.56 bits per heavy atom. The Balaban J connectivity index is 0.000000149. The van der Waals surface area contributed by atoms with Crippen LogP contribution in [0.5, 0.6) is 0 Å². The van der Waals surface area contributed by atoms with Crippen LogP contribution in [0.25, 0.3) is 0 Å². The number of benzene rings is 1. The van der Waals surface area contributed by atoms with Gasteiger partial charge in [0, 0.05) is 6.54 Å². The van der Waals surface area contributed by atoms with Crippen molar-refractivity contribution < 1.29 is 0 Å². The average Bonchev–Trinajstić information content (AvgIpc) is 2.84. The first-order valence-electron chi connectivity index (χ1n) is 6.29. The lowest BCUT2D eigenvalue weighted by Crippen LogP contribution is -2.07. The van der Waals surface area contributed by atoms with Gasteiger partial charge >= 0.3 is 0 Å². The highest BCUT2D eigenvalue weighted by atomic mass is 15.3. The summed E-state index contributed by atoms with van der Waals surface area (Å²) in [6.45, 7) is 0.938. The van der Waals surface area contributed by atoms with Gasteiger partial charge in [-0.05, 0) is 24.0 Å². The number of nitrogens with one attached hydrogen (secondary N) is 1. The summed E-state index contributed by atoms with van der Waals surface area (Å²) in [5, 5.41) is 4.04. The third-order valence-corrected chi connectivity index (χ3v) is 2.73. The third kappa shape index (κ3) is 4.06. The molecule has 0 saturated heterocycles. The van der Waals surface area contributed by atoms with Gasteiger partial charge in [-0.1, -0.05) is 60.7 Å². The van der Waals surface area contributed by atoms with E-state index in [2.05, 4.69) is 53.0 Å². The Bertz CT molecular complexity index is 468. The van der Waals surface area contributed by atoms with Gasteiger partial charge < -0.3 is 5.43 Å². The predicted octanol–water partition coefficient (Wildman–Crippen LogP) is 3.22. The first-order valence-corrected chi connectivity index (χ1v) is 6.29. The summed E-state index contributed by atoms with van der Waals surface area (Å²) in [6, 6.07) is 8.34. The van der Waals surface area contributed by atoms with E-state index in [0.717, 1.165) is 19.4 Å². The van der Waals surface area contributed by atoms with Crippen LogP contribution in [0.2, 0.25) is 0 Å². The van der Waals surface area contributed by atoms with E-state index in [-0.39, 0.29) is 0 Å². The van der Waals surface area contributed by atoms with E-state index in [1.54, 1.807) is 0 Å². The Labute approximate surface area is 108 Å². The zero-order chi connectivity index (χ0) is 12.5. The maximum Gasteiger partial charge on any atom is 0.0543 e.